The molecule has 1 aromatic carbocycles. The Morgan fingerprint density at radius 2 is 1.70 bits per heavy atom. The molecular weight excluding hydrogens is 342 g/mol. The number of carbonyl (C=O) groups excluding carboxylic acids is 2. The van der Waals surface area contributed by atoms with Gasteiger partial charge in [0.2, 0.25) is 11.8 Å². The molecule has 0 spiro atoms. The SMILES string of the molecule is O=C1C2C3CCC(C3)C2C(=O)N1c1ccc(Br)c(Cl)c1. The zero-order valence-corrected chi connectivity index (χ0v) is 13.0. The highest BCUT2D eigenvalue weighted by atomic mass is 79.9. The van der Waals surface area contributed by atoms with Crippen molar-refractivity contribution in [3.05, 3.63) is 27.7 Å². The van der Waals surface area contributed by atoms with E-state index in [0.717, 1.165) is 23.7 Å². The quantitative estimate of drug-likeness (QED) is 0.722. The molecule has 3 fully saturated rings. The number of hydrogen-bond acceptors (Lipinski definition) is 2. The predicted octanol–water partition coefficient (Wildman–Crippen LogP) is 3.64. The Kier molecular flexibility index (Phi) is 2.77. The molecule has 2 aliphatic carbocycles. The molecule has 3 aliphatic rings. The number of imide groups is 1. The van der Waals surface area contributed by atoms with Crippen LogP contribution in [0.15, 0.2) is 22.7 Å². The van der Waals surface area contributed by atoms with Crippen molar-refractivity contribution in [3.63, 3.8) is 0 Å². The molecule has 0 N–H and O–H groups in total. The second-order valence-corrected chi connectivity index (χ2v) is 7.26. The maximum absolute atomic E-state index is 12.6. The van der Waals surface area contributed by atoms with Crippen LogP contribution >= 0.6 is 27.5 Å². The van der Waals surface area contributed by atoms with E-state index in [-0.39, 0.29) is 23.7 Å². The Hall–Kier alpha value is -0.870. The van der Waals surface area contributed by atoms with Crippen molar-refractivity contribution in [1.82, 2.24) is 0 Å². The third-order valence-electron chi connectivity index (χ3n) is 5.09. The average Bonchev–Trinajstić information content (AvgIpc) is 3.08. The van der Waals surface area contributed by atoms with Crippen molar-refractivity contribution in [2.24, 2.45) is 23.7 Å². The van der Waals surface area contributed by atoms with Crippen molar-refractivity contribution in [1.29, 1.82) is 0 Å². The fourth-order valence-electron chi connectivity index (χ4n) is 4.29. The van der Waals surface area contributed by atoms with Gasteiger partial charge in [-0.3, -0.25) is 9.59 Å². The largest absolute Gasteiger partial charge is 0.274 e. The fraction of sp³-hybridized carbons (Fsp3) is 0.467. The number of halogens is 2. The summed E-state index contributed by atoms with van der Waals surface area (Å²) in [6.45, 7) is 0. The summed E-state index contributed by atoms with van der Waals surface area (Å²) in [5, 5.41) is 0.517. The molecule has 1 aromatic rings. The van der Waals surface area contributed by atoms with Crippen molar-refractivity contribution < 1.29 is 9.59 Å². The van der Waals surface area contributed by atoms with Crippen LogP contribution in [0, 0.1) is 23.7 Å². The first-order valence-electron chi connectivity index (χ1n) is 6.91. The van der Waals surface area contributed by atoms with Gasteiger partial charge in [-0.1, -0.05) is 11.6 Å². The molecule has 2 saturated carbocycles. The van der Waals surface area contributed by atoms with Crippen LogP contribution in [0.4, 0.5) is 5.69 Å². The van der Waals surface area contributed by atoms with E-state index in [4.69, 9.17) is 11.6 Å². The molecule has 2 amide bonds. The Labute approximate surface area is 130 Å². The fourth-order valence-corrected chi connectivity index (χ4v) is 4.71. The van der Waals surface area contributed by atoms with E-state index in [1.807, 2.05) is 0 Å². The van der Waals surface area contributed by atoms with Crippen LogP contribution in [0.2, 0.25) is 5.02 Å². The summed E-state index contributed by atoms with van der Waals surface area (Å²) in [4.78, 5) is 26.6. The van der Waals surface area contributed by atoms with E-state index in [2.05, 4.69) is 15.9 Å². The highest BCUT2D eigenvalue weighted by Gasteiger charge is 2.61. The predicted molar refractivity (Wildman–Crippen MR) is 79.5 cm³/mol. The van der Waals surface area contributed by atoms with Gasteiger partial charge in [-0.15, -0.1) is 0 Å². The standard InChI is InChI=1S/C15H13BrClNO2/c16-10-4-3-9(6-11(10)17)18-14(19)12-7-1-2-8(5-7)13(12)15(18)20/h3-4,6-8,12-13H,1-2,5H2. The van der Waals surface area contributed by atoms with E-state index in [9.17, 15) is 9.59 Å². The molecule has 1 heterocycles. The number of amides is 2. The first kappa shape index (κ1) is 12.8. The lowest BCUT2D eigenvalue weighted by Gasteiger charge is -2.19. The zero-order chi connectivity index (χ0) is 14.0. The van der Waals surface area contributed by atoms with Gasteiger partial charge < -0.3 is 0 Å². The van der Waals surface area contributed by atoms with E-state index in [0.29, 0.717) is 22.5 Å². The molecule has 1 aliphatic heterocycles. The van der Waals surface area contributed by atoms with Gasteiger partial charge in [0, 0.05) is 4.47 Å². The average molecular weight is 355 g/mol. The van der Waals surface area contributed by atoms with E-state index in [1.54, 1.807) is 18.2 Å². The van der Waals surface area contributed by atoms with Crippen LogP contribution in [0.3, 0.4) is 0 Å². The number of fused-ring (bicyclic) bond motifs is 5. The van der Waals surface area contributed by atoms with Gasteiger partial charge in [0.1, 0.15) is 0 Å². The minimum absolute atomic E-state index is 0.0226. The molecule has 20 heavy (non-hydrogen) atoms. The van der Waals surface area contributed by atoms with Gasteiger partial charge in [0.15, 0.2) is 0 Å². The van der Waals surface area contributed by atoms with Crippen LogP contribution in [-0.2, 0) is 9.59 Å². The molecule has 5 heteroatoms. The summed E-state index contributed by atoms with van der Waals surface area (Å²) in [6, 6.07) is 5.24. The summed E-state index contributed by atoms with van der Waals surface area (Å²) in [7, 11) is 0. The van der Waals surface area contributed by atoms with Gasteiger partial charge in [0.25, 0.3) is 0 Å². The molecular formula is C15H13BrClNO2. The maximum Gasteiger partial charge on any atom is 0.237 e. The maximum atomic E-state index is 12.6. The highest BCUT2D eigenvalue weighted by Crippen LogP contribution is 2.56. The van der Waals surface area contributed by atoms with Gasteiger partial charge in [-0.05, 0) is 65.2 Å². The molecule has 0 aromatic heterocycles. The molecule has 4 atom stereocenters. The first-order valence-corrected chi connectivity index (χ1v) is 8.08. The van der Waals surface area contributed by atoms with E-state index >= 15 is 0 Å². The van der Waals surface area contributed by atoms with Gasteiger partial charge in [-0.25, -0.2) is 4.90 Å². The summed E-state index contributed by atoms with van der Waals surface area (Å²) in [5.41, 5.74) is 0.599. The minimum atomic E-state index is -0.0799. The second-order valence-electron chi connectivity index (χ2n) is 6.00. The molecule has 4 unspecified atom stereocenters. The topological polar surface area (TPSA) is 37.4 Å². The number of benzene rings is 1. The van der Waals surface area contributed by atoms with Crippen LogP contribution in [0.5, 0.6) is 0 Å². The monoisotopic (exact) mass is 353 g/mol. The molecule has 0 radical (unpaired) electrons. The lowest BCUT2D eigenvalue weighted by molar-refractivity contribution is -0.123. The third kappa shape index (κ3) is 1.58. The number of hydrogen-bond donors (Lipinski definition) is 0. The first-order chi connectivity index (χ1) is 9.58. The molecule has 4 rings (SSSR count). The Balaban J connectivity index is 1.74. The Morgan fingerprint density at radius 1 is 1.10 bits per heavy atom. The summed E-state index contributed by atoms with van der Waals surface area (Å²) in [5.74, 6) is 0.623. The summed E-state index contributed by atoms with van der Waals surface area (Å²) >= 11 is 9.41. The number of nitrogens with zero attached hydrogens (tertiary/aromatic N) is 1. The van der Waals surface area contributed by atoms with Crippen molar-refractivity contribution in [3.8, 4) is 0 Å². The molecule has 2 bridgehead atoms. The summed E-state index contributed by atoms with van der Waals surface area (Å²) in [6.07, 6.45) is 3.25. The zero-order valence-electron chi connectivity index (χ0n) is 10.7. The number of rotatable bonds is 1. The Bertz CT molecular complexity index is 604. The normalized spacial score (nSPS) is 35.0. The third-order valence-corrected chi connectivity index (χ3v) is 6.32. The molecule has 1 saturated heterocycles. The molecule has 104 valence electrons. The van der Waals surface area contributed by atoms with Gasteiger partial charge in [0.05, 0.1) is 22.5 Å². The van der Waals surface area contributed by atoms with Gasteiger partial charge >= 0.3 is 0 Å². The second kappa shape index (κ2) is 4.31. The minimum Gasteiger partial charge on any atom is -0.274 e. The van der Waals surface area contributed by atoms with Gasteiger partial charge in [-0.2, -0.15) is 0 Å². The van der Waals surface area contributed by atoms with Crippen molar-refractivity contribution >= 4 is 45.0 Å². The lowest BCUT2D eigenvalue weighted by atomic mass is 9.81. The lowest BCUT2D eigenvalue weighted by Crippen LogP contribution is -2.32. The summed E-state index contributed by atoms with van der Waals surface area (Å²) < 4.78 is 0.766. The smallest absolute Gasteiger partial charge is 0.237 e. The van der Waals surface area contributed by atoms with E-state index < -0.39 is 0 Å². The van der Waals surface area contributed by atoms with Crippen LogP contribution < -0.4 is 4.90 Å². The van der Waals surface area contributed by atoms with Crippen molar-refractivity contribution in [2.45, 2.75) is 19.3 Å². The van der Waals surface area contributed by atoms with Crippen LogP contribution in [0.1, 0.15) is 19.3 Å². The molecule has 3 nitrogen and oxygen atoms in total. The number of carbonyl (C=O) groups is 2. The Morgan fingerprint density at radius 3 is 2.25 bits per heavy atom. The van der Waals surface area contributed by atoms with Crippen molar-refractivity contribution in [2.75, 3.05) is 4.90 Å². The van der Waals surface area contributed by atoms with Crippen LogP contribution in [0.25, 0.3) is 0 Å². The highest BCUT2D eigenvalue weighted by molar-refractivity contribution is 9.10. The van der Waals surface area contributed by atoms with Crippen LogP contribution in [-0.4, -0.2) is 11.8 Å². The number of anilines is 1. The van der Waals surface area contributed by atoms with E-state index in [1.165, 1.54) is 4.90 Å².